The van der Waals surface area contributed by atoms with Gasteiger partial charge in [0.15, 0.2) is 6.29 Å². The van der Waals surface area contributed by atoms with Crippen molar-refractivity contribution >= 4 is 6.29 Å². The fourth-order valence-electron chi connectivity index (χ4n) is 2.70. The summed E-state index contributed by atoms with van der Waals surface area (Å²) in [5, 5.41) is 9.52. The summed E-state index contributed by atoms with van der Waals surface area (Å²) in [4.78, 5) is 10.7. The second kappa shape index (κ2) is 5.16. The zero-order valence-electron chi connectivity index (χ0n) is 10.6. The number of aldehydes is 1. The number of aliphatic hydroxyl groups is 1. The Morgan fingerprint density at radius 2 is 2.05 bits per heavy atom. The highest BCUT2D eigenvalue weighted by Crippen LogP contribution is 2.41. The molecule has 1 N–H and O–H groups in total. The number of alkyl halides is 3. The third-order valence-electron chi connectivity index (χ3n) is 3.79. The predicted molar refractivity (Wildman–Crippen MR) is 63.8 cm³/mol. The number of hydrogen-bond acceptors (Lipinski definition) is 2. The molecule has 1 aromatic carbocycles. The molecule has 0 saturated carbocycles. The monoisotopic (exact) mass is 290 g/mol. The number of hydrogen-bond donors (Lipinski definition) is 1. The van der Waals surface area contributed by atoms with Crippen LogP contribution in [0.3, 0.4) is 0 Å². The van der Waals surface area contributed by atoms with E-state index < -0.39 is 36.2 Å². The van der Waals surface area contributed by atoms with Crippen LogP contribution in [0.2, 0.25) is 0 Å². The summed E-state index contributed by atoms with van der Waals surface area (Å²) in [6.45, 7) is 0. The third-order valence-corrected chi connectivity index (χ3v) is 3.79. The fraction of sp³-hybridized carbons (Fsp3) is 0.500. The van der Waals surface area contributed by atoms with Crippen molar-refractivity contribution in [2.24, 2.45) is 0 Å². The van der Waals surface area contributed by atoms with Crippen molar-refractivity contribution in [3.8, 4) is 0 Å². The number of halogens is 4. The molecule has 0 bridgehead atoms. The molecule has 0 radical (unpaired) electrons. The largest absolute Gasteiger partial charge is 0.424 e. The molecule has 0 aliphatic heterocycles. The minimum atomic E-state index is -5.01. The maximum atomic E-state index is 13.1. The molecule has 2 rings (SSSR count). The van der Waals surface area contributed by atoms with Gasteiger partial charge in [0, 0.05) is 0 Å². The van der Waals surface area contributed by atoms with Crippen LogP contribution in [-0.4, -0.2) is 23.2 Å². The third kappa shape index (κ3) is 2.70. The summed E-state index contributed by atoms with van der Waals surface area (Å²) >= 11 is 0. The van der Waals surface area contributed by atoms with Gasteiger partial charge in [-0.3, -0.25) is 4.79 Å². The molecule has 0 fully saturated rings. The molecule has 2 nitrogen and oxygen atoms in total. The molecule has 1 aromatic rings. The van der Waals surface area contributed by atoms with E-state index in [0.29, 0.717) is 30.4 Å². The van der Waals surface area contributed by atoms with Crippen LogP contribution in [0.15, 0.2) is 18.2 Å². The minimum absolute atomic E-state index is 0.435. The smallest absolute Gasteiger partial charge is 0.374 e. The SMILES string of the molecule is O=CC(O)(CC1CCCc2cc(F)ccc21)C(F)(F)F. The number of rotatable bonds is 3. The fourth-order valence-corrected chi connectivity index (χ4v) is 2.70. The topological polar surface area (TPSA) is 37.3 Å². The second-order valence-corrected chi connectivity index (χ2v) is 5.18. The highest BCUT2D eigenvalue weighted by molar-refractivity contribution is 5.64. The predicted octanol–water partition coefficient (Wildman–Crippen LogP) is 3.13. The summed E-state index contributed by atoms with van der Waals surface area (Å²) in [6, 6.07) is 3.93. The zero-order valence-corrected chi connectivity index (χ0v) is 10.6. The van der Waals surface area contributed by atoms with Crippen LogP contribution >= 0.6 is 0 Å². The quantitative estimate of drug-likeness (QED) is 0.686. The number of benzene rings is 1. The first-order valence-electron chi connectivity index (χ1n) is 6.30. The van der Waals surface area contributed by atoms with Gasteiger partial charge in [-0.05, 0) is 54.9 Å². The van der Waals surface area contributed by atoms with Crippen molar-refractivity contribution in [3.63, 3.8) is 0 Å². The molecule has 0 spiro atoms. The lowest BCUT2D eigenvalue weighted by atomic mass is 9.77. The lowest BCUT2D eigenvalue weighted by molar-refractivity contribution is -0.248. The van der Waals surface area contributed by atoms with Gasteiger partial charge in [0.25, 0.3) is 0 Å². The lowest BCUT2D eigenvalue weighted by Gasteiger charge is -2.32. The van der Waals surface area contributed by atoms with Crippen LogP contribution in [-0.2, 0) is 11.2 Å². The van der Waals surface area contributed by atoms with E-state index in [-0.39, 0.29) is 0 Å². The first-order valence-corrected chi connectivity index (χ1v) is 6.30. The Bertz CT molecular complexity index is 512. The van der Waals surface area contributed by atoms with Gasteiger partial charge in [0.2, 0.25) is 5.60 Å². The van der Waals surface area contributed by atoms with Gasteiger partial charge in [-0.25, -0.2) is 4.39 Å². The molecular weight excluding hydrogens is 276 g/mol. The Balaban J connectivity index is 2.30. The Morgan fingerprint density at radius 1 is 1.35 bits per heavy atom. The van der Waals surface area contributed by atoms with Gasteiger partial charge < -0.3 is 5.11 Å². The van der Waals surface area contributed by atoms with Gasteiger partial charge in [0.05, 0.1) is 0 Å². The van der Waals surface area contributed by atoms with Crippen molar-refractivity contribution < 1.29 is 27.5 Å². The van der Waals surface area contributed by atoms with Gasteiger partial charge in [0.1, 0.15) is 5.82 Å². The van der Waals surface area contributed by atoms with E-state index in [4.69, 9.17) is 0 Å². The second-order valence-electron chi connectivity index (χ2n) is 5.18. The Morgan fingerprint density at radius 3 is 2.65 bits per heavy atom. The molecule has 20 heavy (non-hydrogen) atoms. The van der Waals surface area contributed by atoms with Crippen LogP contribution < -0.4 is 0 Å². The van der Waals surface area contributed by atoms with Crippen molar-refractivity contribution in [2.75, 3.05) is 0 Å². The van der Waals surface area contributed by atoms with E-state index >= 15 is 0 Å². The van der Waals surface area contributed by atoms with E-state index in [0.717, 1.165) is 0 Å². The number of carbonyl (C=O) groups is 1. The molecule has 110 valence electrons. The molecule has 0 aromatic heterocycles. The number of carbonyl (C=O) groups excluding carboxylic acids is 1. The summed E-state index contributed by atoms with van der Waals surface area (Å²) in [6.07, 6.45) is -4.55. The Labute approximate surface area is 113 Å². The van der Waals surface area contributed by atoms with Crippen molar-refractivity contribution in [3.05, 3.63) is 35.1 Å². The van der Waals surface area contributed by atoms with Gasteiger partial charge in [-0.2, -0.15) is 13.2 Å². The molecule has 2 unspecified atom stereocenters. The average molecular weight is 290 g/mol. The van der Waals surface area contributed by atoms with Crippen LogP contribution in [0.5, 0.6) is 0 Å². The first-order chi connectivity index (χ1) is 9.27. The molecular formula is C14H14F4O2. The molecule has 0 amide bonds. The summed E-state index contributed by atoms with van der Waals surface area (Å²) < 4.78 is 51.4. The number of fused-ring (bicyclic) bond motifs is 1. The Kier molecular flexibility index (Phi) is 3.86. The highest BCUT2D eigenvalue weighted by Gasteiger charge is 2.55. The van der Waals surface area contributed by atoms with E-state index in [1.807, 2.05) is 0 Å². The summed E-state index contributed by atoms with van der Waals surface area (Å²) in [7, 11) is 0. The molecule has 0 saturated heterocycles. The van der Waals surface area contributed by atoms with Crippen molar-refractivity contribution in [1.29, 1.82) is 0 Å². The van der Waals surface area contributed by atoms with Crippen LogP contribution in [0, 0.1) is 5.82 Å². The van der Waals surface area contributed by atoms with Gasteiger partial charge in [-0.15, -0.1) is 0 Å². The minimum Gasteiger partial charge on any atom is -0.374 e. The maximum absolute atomic E-state index is 13.1. The van der Waals surface area contributed by atoms with Crippen molar-refractivity contribution in [1.82, 2.24) is 0 Å². The van der Waals surface area contributed by atoms with Crippen LogP contribution in [0.1, 0.15) is 36.3 Å². The van der Waals surface area contributed by atoms with E-state index in [2.05, 4.69) is 0 Å². The molecule has 2 atom stereocenters. The van der Waals surface area contributed by atoms with Gasteiger partial charge >= 0.3 is 6.18 Å². The number of aryl methyl sites for hydroxylation is 1. The normalized spacial score (nSPS) is 21.9. The first kappa shape index (κ1) is 15.0. The zero-order chi connectivity index (χ0) is 15.0. The Hall–Kier alpha value is -1.43. The van der Waals surface area contributed by atoms with E-state index in [1.54, 1.807) is 0 Å². The van der Waals surface area contributed by atoms with Crippen molar-refractivity contribution in [2.45, 2.75) is 43.4 Å². The van der Waals surface area contributed by atoms with Gasteiger partial charge in [-0.1, -0.05) is 6.07 Å². The molecule has 6 heteroatoms. The van der Waals surface area contributed by atoms with Crippen LogP contribution in [0.25, 0.3) is 0 Å². The average Bonchev–Trinajstić information content (AvgIpc) is 2.37. The van der Waals surface area contributed by atoms with Crippen LogP contribution in [0.4, 0.5) is 17.6 Å². The molecule has 0 heterocycles. The lowest BCUT2D eigenvalue weighted by Crippen LogP contribution is -2.48. The molecule has 1 aliphatic carbocycles. The maximum Gasteiger partial charge on any atom is 0.424 e. The summed E-state index contributed by atoms with van der Waals surface area (Å²) in [5.41, 5.74) is -2.11. The van der Waals surface area contributed by atoms with E-state index in [9.17, 15) is 27.5 Å². The standard InChI is InChI=1S/C14H14F4O2/c15-11-4-5-12-9(6-11)2-1-3-10(12)7-13(20,8-19)14(16,17)18/h4-6,8,10,20H,1-3,7H2. The highest BCUT2D eigenvalue weighted by atomic mass is 19.4. The summed E-state index contributed by atoms with van der Waals surface area (Å²) in [5.74, 6) is -1.04. The van der Waals surface area contributed by atoms with E-state index in [1.165, 1.54) is 18.2 Å². The molecule has 1 aliphatic rings.